The Labute approximate surface area is 143 Å². The summed E-state index contributed by atoms with van der Waals surface area (Å²) >= 11 is 0. The molecule has 0 radical (unpaired) electrons. The van der Waals surface area contributed by atoms with Crippen LogP contribution in [0.5, 0.6) is 5.75 Å². The number of hydrogen-bond donors (Lipinski definition) is 1. The van der Waals surface area contributed by atoms with Crippen LogP contribution in [0.1, 0.15) is 26.7 Å². The molecule has 0 spiro atoms. The highest BCUT2D eigenvalue weighted by atomic mass is 32.2. The summed E-state index contributed by atoms with van der Waals surface area (Å²) in [5.41, 5.74) is 1.29. The van der Waals surface area contributed by atoms with Crippen molar-refractivity contribution in [3.8, 4) is 5.75 Å². The summed E-state index contributed by atoms with van der Waals surface area (Å²) in [5, 5.41) is 9.83. The van der Waals surface area contributed by atoms with E-state index in [0.29, 0.717) is 12.2 Å². The van der Waals surface area contributed by atoms with Crippen molar-refractivity contribution in [1.29, 1.82) is 0 Å². The number of sulfone groups is 1. The first kappa shape index (κ1) is 16.8. The van der Waals surface area contributed by atoms with Crippen LogP contribution in [0.15, 0.2) is 53.4 Å². The molecule has 5 heteroatoms. The Morgan fingerprint density at radius 3 is 2.38 bits per heavy atom. The van der Waals surface area contributed by atoms with E-state index in [1.165, 1.54) is 6.07 Å². The van der Waals surface area contributed by atoms with E-state index < -0.39 is 9.84 Å². The lowest BCUT2D eigenvalue weighted by molar-refractivity contribution is 0.313. The van der Waals surface area contributed by atoms with Crippen LogP contribution in [0.3, 0.4) is 0 Å². The minimum Gasteiger partial charge on any atom is -0.508 e. The van der Waals surface area contributed by atoms with Crippen LogP contribution in [-0.4, -0.2) is 25.8 Å². The molecule has 0 bridgehead atoms. The SMILES string of the molecule is CCC1(CC)CN(c2ccccc2)c2ccc(O)cc2S(=O)(=O)C1. The molecule has 0 saturated carbocycles. The van der Waals surface area contributed by atoms with Crippen molar-refractivity contribution >= 4 is 21.2 Å². The molecule has 1 heterocycles. The monoisotopic (exact) mass is 345 g/mol. The van der Waals surface area contributed by atoms with Gasteiger partial charge in [-0.25, -0.2) is 8.42 Å². The maximum atomic E-state index is 13.0. The summed E-state index contributed by atoms with van der Waals surface area (Å²) in [7, 11) is -3.48. The molecule has 0 amide bonds. The topological polar surface area (TPSA) is 57.6 Å². The number of benzene rings is 2. The highest BCUT2D eigenvalue weighted by Crippen LogP contribution is 2.43. The second kappa shape index (κ2) is 6.13. The molecule has 3 rings (SSSR count). The molecule has 0 aromatic heterocycles. The minimum absolute atomic E-state index is 0.0224. The molecular weight excluding hydrogens is 322 g/mol. The van der Waals surface area contributed by atoms with Gasteiger partial charge < -0.3 is 10.0 Å². The van der Waals surface area contributed by atoms with Crippen LogP contribution in [0.2, 0.25) is 0 Å². The molecule has 128 valence electrons. The van der Waals surface area contributed by atoms with E-state index in [1.807, 2.05) is 30.3 Å². The second-order valence-electron chi connectivity index (χ2n) is 6.54. The molecule has 4 nitrogen and oxygen atoms in total. The lowest BCUT2D eigenvalue weighted by Crippen LogP contribution is -2.37. The van der Waals surface area contributed by atoms with E-state index in [-0.39, 0.29) is 21.8 Å². The molecule has 2 aromatic rings. The Hall–Kier alpha value is -2.01. The van der Waals surface area contributed by atoms with E-state index in [0.717, 1.165) is 18.5 Å². The maximum absolute atomic E-state index is 13.0. The third kappa shape index (κ3) is 2.88. The van der Waals surface area contributed by atoms with E-state index in [1.54, 1.807) is 12.1 Å². The number of hydrogen-bond acceptors (Lipinski definition) is 4. The van der Waals surface area contributed by atoms with Gasteiger partial charge in [-0.15, -0.1) is 0 Å². The average molecular weight is 345 g/mol. The maximum Gasteiger partial charge on any atom is 0.181 e. The van der Waals surface area contributed by atoms with Crippen molar-refractivity contribution in [3.05, 3.63) is 48.5 Å². The van der Waals surface area contributed by atoms with Gasteiger partial charge in [-0.1, -0.05) is 32.0 Å². The summed E-state index contributed by atoms with van der Waals surface area (Å²) < 4.78 is 26.0. The number of fused-ring (bicyclic) bond motifs is 1. The van der Waals surface area contributed by atoms with Crippen molar-refractivity contribution in [2.24, 2.45) is 5.41 Å². The predicted molar refractivity (Wildman–Crippen MR) is 96.6 cm³/mol. The van der Waals surface area contributed by atoms with Gasteiger partial charge in [0.25, 0.3) is 0 Å². The summed E-state index contributed by atoms with van der Waals surface area (Å²) in [4.78, 5) is 2.29. The Morgan fingerprint density at radius 2 is 1.75 bits per heavy atom. The Bertz CT molecular complexity index is 827. The molecule has 2 aromatic carbocycles. The molecule has 1 aliphatic heterocycles. The third-order valence-electron chi connectivity index (χ3n) is 5.13. The summed E-state index contributed by atoms with van der Waals surface area (Å²) in [6.45, 7) is 4.74. The number of aromatic hydroxyl groups is 1. The van der Waals surface area contributed by atoms with Gasteiger partial charge in [0.05, 0.1) is 16.3 Å². The molecular formula is C19H23NO3S. The van der Waals surface area contributed by atoms with Crippen LogP contribution in [0.4, 0.5) is 11.4 Å². The van der Waals surface area contributed by atoms with E-state index in [4.69, 9.17) is 0 Å². The fourth-order valence-corrected chi connectivity index (χ4v) is 5.70. The molecule has 0 fully saturated rings. The number of phenols is 1. The van der Waals surface area contributed by atoms with Crippen LogP contribution in [-0.2, 0) is 9.84 Å². The normalized spacial score (nSPS) is 18.7. The van der Waals surface area contributed by atoms with Gasteiger partial charge in [0, 0.05) is 23.7 Å². The molecule has 1 N–H and O–H groups in total. The zero-order valence-corrected chi connectivity index (χ0v) is 14.9. The number of nitrogens with zero attached hydrogens (tertiary/aromatic N) is 1. The van der Waals surface area contributed by atoms with Gasteiger partial charge in [-0.3, -0.25) is 0 Å². The van der Waals surface area contributed by atoms with E-state index in [9.17, 15) is 13.5 Å². The number of phenolic OH excluding ortho intramolecular Hbond substituents is 1. The first-order chi connectivity index (χ1) is 11.4. The smallest absolute Gasteiger partial charge is 0.181 e. The first-order valence-corrected chi connectivity index (χ1v) is 9.94. The quantitative estimate of drug-likeness (QED) is 0.909. The van der Waals surface area contributed by atoms with Gasteiger partial charge >= 0.3 is 0 Å². The van der Waals surface area contributed by atoms with Crippen molar-refractivity contribution in [2.45, 2.75) is 31.6 Å². The molecule has 0 aliphatic carbocycles. The second-order valence-corrected chi connectivity index (χ2v) is 8.50. The van der Waals surface area contributed by atoms with Crippen molar-refractivity contribution in [2.75, 3.05) is 17.2 Å². The lowest BCUT2D eigenvalue weighted by atomic mass is 9.83. The zero-order chi connectivity index (χ0) is 17.4. The van der Waals surface area contributed by atoms with Crippen molar-refractivity contribution in [1.82, 2.24) is 0 Å². The Kier molecular flexibility index (Phi) is 4.30. The van der Waals surface area contributed by atoms with Crippen LogP contribution >= 0.6 is 0 Å². The molecule has 0 atom stereocenters. The van der Waals surface area contributed by atoms with Gasteiger partial charge in [0.1, 0.15) is 5.75 Å². The zero-order valence-electron chi connectivity index (χ0n) is 14.1. The molecule has 0 unspecified atom stereocenters. The summed E-state index contributed by atoms with van der Waals surface area (Å²) in [5.74, 6) is 0.0816. The first-order valence-electron chi connectivity index (χ1n) is 8.29. The average Bonchev–Trinajstić information content (AvgIpc) is 2.69. The van der Waals surface area contributed by atoms with Gasteiger partial charge in [0.15, 0.2) is 9.84 Å². The summed E-state index contributed by atoms with van der Waals surface area (Å²) in [6, 6.07) is 14.5. The van der Waals surface area contributed by atoms with Gasteiger partial charge in [-0.05, 0) is 37.1 Å². The predicted octanol–water partition coefficient (Wildman–Crippen LogP) is 4.12. The van der Waals surface area contributed by atoms with Crippen LogP contribution in [0, 0.1) is 5.41 Å². The van der Waals surface area contributed by atoms with E-state index in [2.05, 4.69) is 18.7 Å². The van der Waals surface area contributed by atoms with Gasteiger partial charge in [-0.2, -0.15) is 0 Å². The molecule has 1 aliphatic rings. The third-order valence-corrected chi connectivity index (χ3v) is 7.12. The number of rotatable bonds is 3. The standard InChI is InChI=1S/C19H23NO3S/c1-3-19(4-2)13-20(15-8-6-5-7-9-15)17-11-10-16(21)12-18(17)24(22,23)14-19/h5-12,21H,3-4,13-14H2,1-2H3. The van der Waals surface area contributed by atoms with Gasteiger partial charge in [0.2, 0.25) is 0 Å². The molecule has 24 heavy (non-hydrogen) atoms. The Morgan fingerprint density at radius 1 is 1.08 bits per heavy atom. The lowest BCUT2D eigenvalue weighted by Gasteiger charge is -2.35. The highest BCUT2D eigenvalue weighted by molar-refractivity contribution is 7.91. The van der Waals surface area contributed by atoms with E-state index >= 15 is 0 Å². The molecule has 0 saturated heterocycles. The number of anilines is 2. The fraction of sp³-hybridized carbons (Fsp3) is 0.368. The summed E-state index contributed by atoms with van der Waals surface area (Å²) in [6.07, 6.45) is 1.57. The van der Waals surface area contributed by atoms with Crippen LogP contribution in [0.25, 0.3) is 0 Å². The number of para-hydroxylation sites is 1. The fourth-order valence-electron chi connectivity index (χ4n) is 3.44. The Balaban J connectivity index is 2.26. The minimum atomic E-state index is -3.48. The largest absolute Gasteiger partial charge is 0.508 e. The van der Waals surface area contributed by atoms with Crippen LogP contribution < -0.4 is 4.90 Å². The van der Waals surface area contributed by atoms with Crippen molar-refractivity contribution < 1.29 is 13.5 Å². The van der Waals surface area contributed by atoms with Crippen molar-refractivity contribution in [3.63, 3.8) is 0 Å². The highest BCUT2D eigenvalue weighted by Gasteiger charge is 2.40.